The lowest BCUT2D eigenvalue weighted by Gasteiger charge is -2.26. The molecule has 1 aliphatic rings. The van der Waals surface area contributed by atoms with Crippen LogP contribution in [-0.2, 0) is 0 Å². The lowest BCUT2D eigenvalue weighted by molar-refractivity contribution is 0.0903. The van der Waals surface area contributed by atoms with E-state index in [9.17, 15) is 10.2 Å². The Morgan fingerprint density at radius 1 is 1.29 bits per heavy atom. The smallest absolute Gasteiger partial charge is 0.119 e. The minimum atomic E-state index is -0.526. The molecular weight excluding hydrogens is 334 g/mol. The number of ether oxygens (including phenoxy) is 1. The monoisotopic (exact) mass is 357 g/mol. The summed E-state index contributed by atoms with van der Waals surface area (Å²) in [6, 6.07) is 7.56. The van der Waals surface area contributed by atoms with Gasteiger partial charge in [0.05, 0.1) is 6.10 Å². The van der Waals surface area contributed by atoms with E-state index in [0.29, 0.717) is 12.5 Å². The summed E-state index contributed by atoms with van der Waals surface area (Å²) in [5, 5.41) is 22.8. The highest BCUT2D eigenvalue weighted by Crippen LogP contribution is 2.23. The third kappa shape index (κ3) is 6.34. The summed E-state index contributed by atoms with van der Waals surface area (Å²) >= 11 is 3.37. The van der Waals surface area contributed by atoms with Crippen LogP contribution in [0.5, 0.6) is 5.75 Å². The number of nitrogens with one attached hydrogen (secondary N) is 1. The number of halogens is 1. The molecule has 0 aromatic heterocycles. The van der Waals surface area contributed by atoms with Crippen molar-refractivity contribution in [1.82, 2.24) is 5.32 Å². The van der Waals surface area contributed by atoms with Gasteiger partial charge in [-0.3, -0.25) is 0 Å². The van der Waals surface area contributed by atoms with Crippen molar-refractivity contribution in [3.05, 3.63) is 28.7 Å². The fourth-order valence-corrected chi connectivity index (χ4v) is 2.95. The molecule has 3 unspecified atom stereocenters. The van der Waals surface area contributed by atoms with Gasteiger partial charge in [0, 0.05) is 11.0 Å². The zero-order valence-corrected chi connectivity index (χ0v) is 13.8. The van der Waals surface area contributed by atoms with Crippen molar-refractivity contribution in [2.75, 3.05) is 19.7 Å². The van der Waals surface area contributed by atoms with E-state index in [1.54, 1.807) is 0 Å². The number of rotatable bonds is 7. The van der Waals surface area contributed by atoms with Gasteiger partial charge in [0.25, 0.3) is 0 Å². The summed E-state index contributed by atoms with van der Waals surface area (Å²) < 4.78 is 6.54. The molecule has 1 fully saturated rings. The quantitative estimate of drug-likeness (QED) is 0.700. The van der Waals surface area contributed by atoms with Crippen LogP contribution in [0.3, 0.4) is 0 Å². The van der Waals surface area contributed by atoms with Crippen LogP contribution in [0.1, 0.15) is 25.7 Å². The number of hydrogen-bond acceptors (Lipinski definition) is 4. The Bertz CT molecular complexity index is 412. The van der Waals surface area contributed by atoms with Crippen LogP contribution in [-0.4, -0.2) is 42.1 Å². The average Bonchev–Trinajstić information content (AvgIpc) is 2.47. The van der Waals surface area contributed by atoms with E-state index in [-0.39, 0.29) is 12.7 Å². The first-order chi connectivity index (χ1) is 10.1. The molecule has 0 amide bonds. The molecule has 21 heavy (non-hydrogen) atoms. The van der Waals surface area contributed by atoms with E-state index < -0.39 is 6.10 Å². The highest BCUT2D eigenvalue weighted by atomic mass is 79.9. The molecule has 1 aromatic rings. The van der Waals surface area contributed by atoms with Crippen LogP contribution in [0.15, 0.2) is 28.7 Å². The molecular formula is C16H24BrNO3. The maximum atomic E-state index is 9.90. The van der Waals surface area contributed by atoms with E-state index in [1.165, 1.54) is 0 Å². The van der Waals surface area contributed by atoms with Crippen molar-refractivity contribution < 1.29 is 14.9 Å². The maximum Gasteiger partial charge on any atom is 0.119 e. The Labute approximate surface area is 134 Å². The first kappa shape index (κ1) is 16.7. The van der Waals surface area contributed by atoms with Crippen LogP contribution < -0.4 is 10.1 Å². The third-order valence-electron chi connectivity index (χ3n) is 3.82. The van der Waals surface area contributed by atoms with Gasteiger partial charge < -0.3 is 20.3 Å². The van der Waals surface area contributed by atoms with E-state index in [1.807, 2.05) is 24.3 Å². The van der Waals surface area contributed by atoms with Crippen molar-refractivity contribution in [2.45, 2.75) is 37.9 Å². The van der Waals surface area contributed by atoms with Crippen molar-refractivity contribution in [1.29, 1.82) is 0 Å². The minimum Gasteiger partial charge on any atom is -0.491 e. The average molecular weight is 358 g/mol. The molecule has 0 saturated heterocycles. The highest BCUT2D eigenvalue weighted by Gasteiger charge is 2.19. The summed E-state index contributed by atoms with van der Waals surface area (Å²) in [4.78, 5) is 0. The Hall–Kier alpha value is -0.620. The molecule has 0 aliphatic heterocycles. The summed E-state index contributed by atoms with van der Waals surface area (Å²) in [6.45, 7) is 1.65. The molecule has 1 aliphatic carbocycles. The van der Waals surface area contributed by atoms with Gasteiger partial charge in [-0.2, -0.15) is 0 Å². The van der Waals surface area contributed by atoms with Crippen LogP contribution in [0.25, 0.3) is 0 Å². The van der Waals surface area contributed by atoms with Crippen LogP contribution in [0, 0.1) is 5.92 Å². The molecule has 0 radical (unpaired) electrons. The molecule has 118 valence electrons. The second kappa shape index (κ2) is 8.73. The fourth-order valence-electron chi connectivity index (χ4n) is 2.68. The van der Waals surface area contributed by atoms with Crippen LogP contribution in [0.4, 0.5) is 0 Å². The summed E-state index contributed by atoms with van der Waals surface area (Å²) in [5.41, 5.74) is 0. The van der Waals surface area contributed by atoms with Gasteiger partial charge in [0.1, 0.15) is 18.5 Å². The molecule has 1 aromatic carbocycles. The van der Waals surface area contributed by atoms with E-state index in [4.69, 9.17) is 4.74 Å². The third-order valence-corrected chi connectivity index (χ3v) is 4.35. The Balaban J connectivity index is 1.59. The summed E-state index contributed by atoms with van der Waals surface area (Å²) in [6.07, 6.45) is 3.40. The van der Waals surface area contributed by atoms with Gasteiger partial charge in [-0.1, -0.05) is 22.4 Å². The molecule has 2 rings (SSSR count). The van der Waals surface area contributed by atoms with E-state index >= 15 is 0 Å². The SMILES string of the molecule is OC(CNCC1CCCC(O)C1)COc1ccc(Br)cc1. The first-order valence-corrected chi connectivity index (χ1v) is 8.38. The second-order valence-corrected chi connectivity index (χ2v) is 6.68. The van der Waals surface area contributed by atoms with Gasteiger partial charge in [-0.25, -0.2) is 0 Å². The zero-order valence-electron chi connectivity index (χ0n) is 12.2. The van der Waals surface area contributed by atoms with Crippen LogP contribution in [0.2, 0.25) is 0 Å². The van der Waals surface area contributed by atoms with Gasteiger partial charge in [0.2, 0.25) is 0 Å². The summed E-state index contributed by atoms with van der Waals surface area (Å²) in [7, 11) is 0. The number of aliphatic hydroxyl groups is 2. The molecule has 5 heteroatoms. The molecule has 1 saturated carbocycles. The predicted octanol–water partition coefficient (Wildman–Crippen LogP) is 2.33. The van der Waals surface area contributed by atoms with Gasteiger partial charge in [0.15, 0.2) is 0 Å². The second-order valence-electron chi connectivity index (χ2n) is 5.76. The Kier molecular flexibility index (Phi) is 6.96. The highest BCUT2D eigenvalue weighted by molar-refractivity contribution is 9.10. The topological polar surface area (TPSA) is 61.7 Å². The van der Waals surface area contributed by atoms with Crippen molar-refractivity contribution in [2.24, 2.45) is 5.92 Å². The van der Waals surface area contributed by atoms with E-state index in [2.05, 4.69) is 21.2 Å². The molecule has 3 N–H and O–H groups in total. The lowest BCUT2D eigenvalue weighted by atomic mass is 9.87. The predicted molar refractivity (Wildman–Crippen MR) is 86.5 cm³/mol. The lowest BCUT2D eigenvalue weighted by Crippen LogP contribution is -2.36. The molecule has 4 nitrogen and oxygen atoms in total. The van der Waals surface area contributed by atoms with Gasteiger partial charge >= 0.3 is 0 Å². The maximum absolute atomic E-state index is 9.90. The standard InChI is InChI=1S/C16H24BrNO3/c17-13-4-6-16(7-5-13)21-11-15(20)10-18-9-12-2-1-3-14(19)8-12/h4-7,12,14-15,18-20H,1-3,8-11H2. The molecule has 0 spiro atoms. The summed E-state index contributed by atoms with van der Waals surface area (Å²) in [5.74, 6) is 1.28. The largest absolute Gasteiger partial charge is 0.491 e. The van der Waals surface area contributed by atoms with Crippen molar-refractivity contribution >= 4 is 15.9 Å². The van der Waals surface area contributed by atoms with Gasteiger partial charge in [-0.05, 0) is 56.0 Å². The normalized spacial score (nSPS) is 23.8. The molecule has 0 heterocycles. The molecule has 3 atom stereocenters. The number of aliphatic hydroxyl groups excluding tert-OH is 2. The Morgan fingerprint density at radius 2 is 2.05 bits per heavy atom. The van der Waals surface area contributed by atoms with E-state index in [0.717, 1.165) is 42.5 Å². The Morgan fingerprint density at radius 3 is 2.76 bits per heavy atom. The van der Waals surface area contributed by atoms with Crippen molar-refractivity contribution in [3.63, 3.8) is 0 Å². The van der Waals surface area contributed by atoms with Crippen molar-refractivity contribution in [3.8, 4) is 5.75 Å². The van der Waals surface area contributed by atoms with Crippen LogP contribution >= 0.6 is 15.9 Å². The number of hydrogen-bond donors (Lipinski definition) is 3. The zero-order chi connectivity index (χ0) is 15.1. The minimum absolute atomic E-state index is 0.142. The van der Waals surface area contributed by atoms with Gasteiger partial charge in [-0.15, -0.1) is 0 Å². The fraction of sp³-hybridized carbons (Fsp3) is 0.625. The first-order valence-electron chi connectivity index (χ1n) is 7.58. The molecule has 0 bridgehead atoms. The number of benzene rings is 1.